The molecule has 0 N–H and O–H groups in total. The normalized spacial score (nSPS) is 20.4. The number of thioether (sulfide) groups is 1. The molecule has 86 valence electrons. The zero-order chi connectivity index (χ0) is 11.5. The highest BCUT2D eigenvalue weighted by molar-refractivity contribution is 8.00. The summed E-state index contributed by atoms with van der Waals surface area (Å²) in [6.45, 7) is 0.699. The predicted molar refractivity (Wildman–Crippen MR) is 63.2 cm³/mol. The van der Waals surface area contributed by atoms with Crippen LogP contribution < -0.4 is 0 Å². The smallest absolute Gasteiger partial charge is 0.282 e. The zero-order valence-electron chi connectivity index (χ0n) is 8.34. The first-order chi connectivity index (χ1) is 7.72. The number of epoxide rings is 1. The van der Waals surface area contributed by atoms with E-state index in [0.29, 0.717) is 17.4 Å². The van der Waals surface area contributed by atoms with Crippen LogP contribution in [0.15, 0.2) is 29.2 Å². The first-order valence-electron chi connectivity index (χ1n) is 4.80. The van der Waals surface area contributed by atoms with E-state index in [2.05, 4.69) is 0 Å². The SMILES string of the molecule is O=[N+]([O-])c1ccccc1SC(CCl)C1CO1. The van der Waals surface area contributed by atoms with Crippen molar-refractivity contribution in [1.82, 2.24) is 0 Å². The number of benzene rings is 1. The van der Waals surface area contributed by atoms with Crippen molar-refractivity contribution < 1.29 is 9.66 Å². The molecule has 0 bridgehead atoms. The molecule has 0 radical (unpaired) electrons. The lowest BCUT2D eigenvalue weighted by Gasteiger charge is -2.10. The third-order valence-electron chi connectivity index (χ3n) is 2.27. The molecule has 0 aliphatic carbocycles. The lowest BCUT2D eigenvalue weighted by Crippen LogP contribution is -2.12. The van der Waals surface area contributed by atoms with Gasteiger partial charge in [0, 0.05) is 11.9 Å². The second-order valence-electron chi connectivity index (χ2n) is 3.41. The molecule has 0 aromatic heterocycles. The molecule has 1 aromatic carbocycles. The van der Waals surface area contributed by atoms with Crippen molar-refractivity contribution in [2.75, 3.05) is 12.5 Å². The Morgan fingerprint density at radius 3 is 2.88 bits per heavy atom. The van der Waals surface area contributed by atoms with E-state index >= 15 is 0 Å². The summed E-state index contributed by atoms with van der Waals surface area (Å²) in [5.41, 5.74) is 0.128. The summed E-state index contributed by atoms with van der Waals surface area (Å²) >= 11 is 7.23. The van der Waals surface area contributed by atoms with Gasteiger partial charge >= 0.3 is 0 Å². The first kappa shape index (κ1) is 11.7. The number of nitrogens with zero attached hydrogens (tertiary/aromatic N) is 1. The summed E-state index contributed by atoms with van der Waals surface area (Å²) in [6, 6.07) is 6.69. The highest BCUT2D eigenvalue weighted by Crippen LogP contribution is 2.36. The standard InChI is InChI=1S/C10H10ClNO3S/c11-5-10(8-6-15-8)16-9-4-2-1-3-7(9)12(13)14/h1-4,8,10H,5-6H2. The van der Waals surface area contributed by atoms with Gasteiger partial charge < -0.3 is 4.74 Å². The van der Waals surface area contributed by atoms with Gasteiger partial charge in [-0.2, -0.15) is 0 Å². The first-order valence-corrected chi connectivity index (χ1v) is 6.21. The predicted octanol–water partition coefficient (Wildman–Crippen LogP) is 2.69. The van der Waals surface area contributed by atoms with Crippen molar-refractivity contribution in [1.29, 1.82) is 0 Å². The molecule has 1 aliphatic rings. The van der Waals surface area contributed by atoms with Crippen LogP contribution in [-0.4, -0.2) is 28.8 Å². The highest BCUT2D eigenvalue weighted by atomic mass is 35.5. The second-order valence-corrected chi connectivity index (χ2v) is 5.00. The Morgan fingerprint density at radius 1 is 1.62 bits per heavy atom. The summed E-state index contributed by atoms with van der Waals surface area (Å²) in [5.74, 6) is 0.432. The summed E-state index contributed by atoms with van der Waals surface area (Å²) in [5, 5.41) is 10.9. The van der Waals surface area contributed by atoms with Crippen molar-refractivity contribution >= 4 is 29.1 Å². The van der Waals surface area contributed by atoms with Crippen molar-refractivity contribution in [3.8, 4) is 0 Å². The number of hydrogen-bond acceptors (Lipinski definition) is 4. The molecule has 16 heavy (non-hydrogen) atoms. The Balaban J connectivity index is 2.15. The maximum absolute atomic E-state index is 10.8. The Morgan fingerprint density at radius 2 is 2.31 bits per heavy atom. The van der Waals surface area contributed by atoms with Crippen LogP contribution in [0.25, 0.3) is 0 Å². The molecular formula is C10H10ClNO3S. The third-order valence-corrected chi connectivity index (χ3v) is 4.15. The average Bonchev–Trinajstić information content (AvgIpc) is 3.10. The fourth-order valence-electron chi connectivity index (χ4n) is 1.35. The summed E-state index contributed by atoms with van der Waals surface area (Å²) in [4.78, 5) is 11.1. The Hall–Kier alpha value is -0.780. The van der Waals surface area contributed by atoms with Gasteiger partial charge in [0.1, 0.15) is 0 Å². The molecular weight excluding hydrogens is 250 g/mol. The van der Waals surface area contributed by atoms with Crippen LogP contribution in [0.3, 0.4) is 0 Å². The molecule has 0 spiro atoms. The molecule has 1 aromatic rings. The maximum atomic E-state index is 10.8. The van der Waals surface area contributed by atoms with Gasteiger partial charge in [-0.3, -0.25) is 10.1 Å². The number of halogens is 1. The van der Waals surface area contributed by atoms with Crippen molar-refractivity contribution in [3.05, 3.63) is 34.4 Å². The lowest BCUT2D eigenvalue weighted by molar-refractivity contribution is -0.387. The molecule has 2 unspecified atom stereocenters. The van der Waals surface area contributed by atoms with Gasteiger partial charge in [0.25, 0.3) is 5.69 Å². The van der Waals surface area contributed by atoms with Crippen molar-refractivity contribution in [3.63, 3.8) is 0 Å². The molecule has 6 heteroatoms. The number of nitro groups is 1. The molecule has 1 saturated heterocycles. The molecule has 0 amide bonds. The monoisotopic (exact) mass is 259 g/mol. The average molecular weight is 260 g/mol. The fourth-order valence-corrected chi connectivity index (χ4v) is 2.85. The molecule has 4 nitrogen and oxygen atoms in total. The van der Waals surface area contributed by atoms with Gasteiger partial charge in [0.05, 0.1) is 27.8 Å². The molecule has 2 atom stereocenters. The molecule has 1 aliphatic heterocycles. The topological polar surface area (TPSA) is 55.7 Å². The van der Waals surface area contributed by atoms with Gasteiger partial charge in [-0.25, -0.2) is 0 Å². The quantitative estimate of drug-likeness (QED) is 0.268. The minimum absolute atomic E-state index is 0.0859. The summed E-state index contributed by atoms with van der Waals surface area (Å²) in [6.07, 6.45) is 0.141. The van der Waals surface area contributed by atoms with Crippen LogP contribution >= 0.6 is 23.4 Å². The van der Waals surface area contributed by atoms with Gasteiger partial charge in [-0.1, -0.05) is 12.1 Å². The van der Waals surface area contributed by atoms with Gasteiger partial charge in [0.15, 0.2) is 0 Å². The zero-order valence-corrected chi connectivity index (χ0v) is 9.91. The van der Waals surface area contributed by atoms with Crippen LogP contribution in [0.5, 0.6) is 0 Å². The molecule has 1 fully saturated rings. The van der Waals surface area contributed by atoms with E-state index in [1.165, 1.54) is 17.8 Å². The highest BCUT2D eigenvalue weighted by Gasteiger charge is 2.34. The lowest BCUT2D eigenvalue weighted by atomic mass is 10.3. The van der Waals surface area contributed by atoms with Crippen molar-refractivity contribution in [2.45, 2.75) is 16.2 Å². The van der Waals surface area contributed by atoms with E-state index in [9.17, 15) is 10.1 Å². The van der Waals surface area contributed by atoms with Crippen LogP contribution in [0.1, 0.15) is 0 Å². The molecule has 0 saturated carbocycles. The van der Waals surface area contributed by atoms with Crippen LogP contribution in [-0.2, 0) is 4.74 Å². The van der Waals surface area contributed by atoms with Gasteiger partial charge in [-0.15, -0.1) is 23.4 Å². The van der Waals surface area contributed by atoms with Crippen molar-refractivity contribution in [2.24, 2.45) is 0 Å². The largest absolute Gasteiger partial charge is 0.372 e. The van der Waals surface area contributed by atoms with Gasteiger partial charge in [0.2, 0.25) is 0 Å². The molecule has 1 heterocycles. The number of nitro benzene ring substituents is 1. The minimum atomic E-state index is -0.374. The summed E-state index contributed by atoms with van der Waals surface area (Å²) in [7, 11) is 0. The molecule has 2 rings (SSSR count). The third kappa shape index (κ3) is 2.66. The number of ether oxygens (including phenoxy) is 1. The Bertz CT molecular complexity index is 397. The maximum Gasteiger partial charge on any atom is 0.282 e. The minimum Gasteiger partial charge on any atom is -0.372 e. The number of hydrogen-bond donors (Lipinski definition) is 0. The van der Waals surface area contributed by atoms with Crippen LogP contribution in [0.2, 0.25) is 0 Å². The van der Waals surface area contributed by atoms with Gasteiger partial charge in [-0.05, 0) is 6.07 Å². The number of rotatable bonds is 5. The Kier molecular flexibility index (Phi) is 3.68. The number of alkyl halides is 1. The fraction of sp³-hybridized carbons (Fsp3) is 0.400. The number of para-hydroxylation sites is 1. The summed E-state index contributed by atoms with van der Waals surface area (Å²) < 4.78 is 5.16. The van der Waals surface area contributed by atoms with E-state index in [1.54, 1.807) is 18.2 Å². The van der Waals surface area contributed by atoms with Crippen LogP contribution in [0.4, 0.5) is 5.69 Å². The van der Waals surface area contributed by atoms with Crippen LogP contribution in [0, 0.1) is 10.1 Å². The van der Waals surface area contributed by atoms with E-state index in [4.69, 9.17) is 16.3 Å². The second kappa shape index (κ2) is 5.03. The van der Waals surface area contributed by atoms with E-state index < -0.39 is 0 Å². The van der Waals surface area contributed by atoms with E-state index in [0.717, 1.165) is 0 Å². The van der Waals surface area contributed by atoms with E-state index in [-0.39, 0.29) is 22.0 Å². The van der Waals surface area contributed by atoms with E-state index in [1.807, 2.05) is 0 Å². The Labute approximate surface area is 102 Å².